The van der Waals surface area contributed by atoms with Crippen LogP contribution in [-0.4, -0.2) is 28.9 Å². The first-order valence-electron chi connectivity index (χ1n) is 9.69. The maximum atomic E-state index is 13.1. The van der Waals surface area contributed by atoms with E-state index in [-0.39, 0.29) is 35.3 Å². The fourth-order valence-electron chi connectivity index (χ4n) is 3.63. The topological polar surface area (TPSA) is 98.1 Å². The number of aromatic nitrogens is 2. The second-order valence-corrected chi connectivity index (χ2v) is 7.71. The zero-order chi connectivity index (χ0) is 22.6. The number of halogens is 3. The molecule has 3 N–H and O–H groups in total. The lowest BCUT2D eigenvalue weighted by atomic mass is 9.82. The molecule has 3 aromatic rings. The molecule has 1 fully saturated rings. The summed E-state index contributed by atoms with van der Waals surface area (Å²) in [6.07, 6.45) is 3.85. The quantitative estimate of drug-likeness (QED) is 0.607. The molecule has 0 saturated heterocycles. The number of hydrogen-bond donors (Lipinski definition) is 2. The van der Waals surface area contributed by atoms with E-state index in [9.17, 15) is 18.4 Å². The Bertz CT molecular complexity index is 1140. The molecule has 9 heteroatoms. The average molecular weight is 450 g/mol. The van der Waals surface area contributed by atoms with Crippen molar-refractivity contribution in [1.29, 1.82) is 0 Å². The van der Waals surface area contributed by atoms with E-state index in [1.807, 2.05) is 12.1 Å². The number of rotatable bonds is 3. The van der Waals surface area contributed by atoms with Gasteiger partial charge in [-0.2, -0.15) is 0 Å². The van der Waals surface area contributed by atoms with Crippen molar-refractivity contribution in [3.05, 3.63) is 69.2 Å². The van der Waals surface area contributed by atoms with Gasteiger partial charge in [-0.05, 0) is 42.5 Å². The number of hydrogen-bond acceptors (Lipinski definition) is 4. The second kappa shape index (κ2) is 9.43. The zero-order valence-electron chi connectivity index (χ0n) is 16.8. The predicted octanol–water partition coefficient (Wildman–Crippen LogP) is 4.66. The molecule has 1 aliphatic carbocycles. The molecule has 0 unspecified atom stereocenters. The maximum Gasteiger partial charge on any atom is 0.268 e. The van der Waals surface area contributed by atoms with Gasteiger partial charge in [-0.1, -0.05) is 17.7 Å². The van der Waals surface area contributed by atoms with Gasteiger partial charge < -0.3 is 15.5 Å². The van der Waals surface area contributed by atoms with Crippen molar-refractivity contribution in [2.45, 2.75) is 37.5 Å². The SMILES string of the molecule is COc1ccc(C2CCC(F)(F)CC2)c(Cl)c1.NC(=O)c1nccc2[nH]ccc(=O)c12. The molecule has 2 heterocycles. The van der Waals surface area contributed by atoms with Gasteiger partial charge in [-0.25, -0.2) is 8.78 Å². The first-order chi connectivity index (χ1) is 14.7. The molecule has 4 rings (SSSR count). The third-order valence-electron chi connectivity index (χ3n) is 5.27. The number of pyridine rings is 2. The summed E-state index contributed by atoms with van der Waals surface area (Å²) in [7, 11) is 1.58. The summed E-state index contributed by atoms with van der Waals surface area (Å²) in [6.45, 7) is 0. The van der Waals surface area contributed by atoms with E-state index in [0.29, 0.717) is 29.1 Å². The van der Waals surface area contributed by atoms with Crippen LogP contribution in [0.4, 0.5) is 8.78 Å². The Morgan fingerprint density at radius 2 is 1.97 bits per heavy atom. The number of aromatic amines is 1. The molecule has 0 spiro atoms. The van der Waals surface area contributed by atoms with E-state index in [4.69, 9.17) is 22.1 Å². The monoisotopic (exact) mass is 449 g/mol. The summed E-state index contributed by atoms with van der Waals surface area (Å²) in [5.74, 6) is -2.35. The number of methoxy groups -OCH3 is 1. The van der Waals surface area contributed by atoms with Gasteiger partial charge in [0.2, 0.25) is 5.92 Å². The van der Waals surface area contributed by atoms with Gasteiger partial charge in [0, 0.05) is 36.3 Å². The largest absolute Gasteiger partial charge is 0.497 e. The van der Waals surface area contributed by atoms with Crippen molar-refractivity contribution in [1.82, 2.24) is 9.97 Å². The Morgan fingerprint density at radius 3 is 2.58 bits per heavy atom. The lowest BCUT2D eigenvalue weighted by Gasteiger charge is -2.29. The number of primary amides is 1. The normalized spacial score (nSPS) is 15.7. The molecule has 0 radical (unpaired) electrons. The number of ether oxygens (including phenoxy) is 1. The molecule has 0 bridgehead atoms. The molecule has 6 nitrogen and oxygen atoms in total. The van der Waals surface area contributed by atoms with Crippen LogP contribution in [0.5, 0.6) is 5.75 Å². The Balaban J connectivity index is 0.000000179. The molecule has 2 aromatic heterocycles. The molecular formula is C22H22ClF2N3O3. The van der Waals surface area contributed by atoms with E-state index in [1.165, 1.54) is 18.5 Å². The number of carbonyl (C=O) groups is 1. The number of benzene rings is 1. The van der Waals surface area contributed by atoms with Gasteiger partial charge >= 0.3 is 0 Å². The van der Waals surface area contributed by atoms with E-state index in [1.54, 1.807) is 19.2 Å². The highest BCUT2D eigenvalue weighted by atomic mass is 35.5. The molecule has 164 valence electrons. The Kier molecular flexibility index (Phi) is 6.90. The van der Waals surface area contributed by atoms with Crippen LogP contribution in [-0.2, 0) is 0 Å². The standard InChI is InChI=1S/C13H15ClF2O.C9H7N3O2/c1-17-10-2-3-11(12(14)8-10)9-4-6-13(15,16)7-5-9;10-9(14)8-7-5(1-3-12-8)11-4-2-6(7)13/h2-3,8-9H,4-7H2,1H3;1-4H,(H2,10,14)(H,11,13). The van der Waals surface area contributed by atoms with Crippen molar-refractivity contribution >= 4 is 28.4 Å². The summed E-state index contributed by atoms with van der Waals surface area (Å²) in [6, 6.07) is 8.40. The van der Waals surface area contributed by atoms with Gasteiger partial charge in [0.1, 0.15) is 11.4 Å². The number of carbonyl (C=O) groups excluding carboxylic acids is 1. The van der Waals surface area contributed by atoms with Crippen LogP contribution in [0.3, 0.4) is 0 Å². The van der Waals surface area contributed by atoms with E-state index < -0.39 is 11.8 Å². The first-order valence-corrected chi connectivity index (χ1v) is 10.1. The molecule has 1 saturated carbocycles. The summed E-state index contributed by atoms with van der Waals surface area (Å²) in [5, 5.41) is 0.849. The number of amides is 1. The van der Waals surface area contributed by atoms with Gasteiger partial charge in [0.25, 0.3) is 5.91 Å². The fraction of sp³-hybridized carbons (Fsp3) is 0.318. The summed E-state index contributed by atoms with van der Waals surface area (Å²) in [5.41, 5.74) is 6.35. The number of nitrogens with two attached hydrogens (primary N) is 1. The number of H-pyrrole nitrogens is 1. The van der Waals surface area contributed by atoms with Crippen LogP contribution in [0.2, 0.25) is 5.02 Å². The summed E-state index contributed by atoms with van der Waals surface area (Å²) >= 11 is 6.15. The molecule has 0 atom stereocenters. The number of alkyl halides is 2. The van der Waals surface area contributed by atoms with Gasteiger partial charge in [0.05, 0.1) is 18.0 Å². The van der Waals surface area contributed by atoms with Crippen LogP contribution < -0.4 is 15.9 Å². The van der Waals surface area contributed by atoms with E-state index in [0.717, 1.165) is 5.56 Å². The summed E-state index contributed by atoms with van der Waals surface area (Å²) in [4.78, 5) is 29.0. The smallest absolute Gasteiger partial charge is 0.268 e. The van der Waals surface area contributed by atoms with Crippen molar-refractivity contribution in [3.63, 3.8) is 0 Å². The van der Waals surface area contributed by atoms with Crippen LogP contribution in [0, 0.1) is 0 Å². The number of nitrogens with one attached hydrogen (secondary N) is 1. The van der Waals surface area contributed by atoms with Crippen molar-refractivity contribution in [3.8, 4) is 5.75 Å². The zero-order valence-corrected chi connectivity index (χ0v) is 17.6. The highest BCUT2D eigenvalue weighted by Gasteiger charge is 2.35. The third kappa shape index (κ3) is 5.38. The molecular weight excluding hydrogens is 428 g/mol. The Labute approximate surface area is 182 Å². The van der Waals surface area contributed by atoms with Gasteiger partial charge in [-0.15, -0.1) is 0 Å². The molecule has 31 heavy (non-hydrogen) atoms. The van der Waals surface area contributed by atoms with Crippen LogP contribution in [0.15, 0.2) is 47.5 Å². The second-order valence-electron chi connectivity index (χ2n) is 7.31. The lowest BCUT2D eigenvalue weighted by molar-refractivity contribution is -0.0382. The maximum absolute atomic E-state index is 13.1. The van der Waals surface area contributed by atoms with Crippen LogP contribution in [0.1, 0.15) is 47.7 Å². The number of nitrogens with zero attached hydrogens (tertiary/aromatic N) is 1. The van der Waals surface area contributed by atoms with Crippen molar-refractivity contribution in [2.24, 2.45) is 5.73 Å². The summed E-state index contributed by atoms with van der Waals surface area (Å²) < 4.78 is 31.2. The Morgan fingerprint density at radius 1 is 1.26 bits per heavy atom. The van der Waals surface area contributed by atoms with E-state index >= 15 is 0 Å². The van der Waals surface area contributed by atoms with Crippen LogP contribution in [0.25, 0.3) is 10.9 Å². The number of fused-ring (bicyclic) bond motifs is 1. The lowest BCUT2D eigenvalue weighted by Crippen LogP contribution is -2.23. The molecule has 1 aromatic carbocycles. The third-order valence-corrected chi connectivity index (χ3v) is 5.60. The predicted molar refractivity (Wildman–Crippen MR) is 115 cm³/mol. The van der Waals surface area contributed by atoms with Gasteiger partial charge in [-0.3, -0.25) is 14.6 Å². The minimum atomic E-state index is -2.49. The first kappa shape index (κ1) is 22.7. The minimum Gasteiger partial charge on any atom is -0.497 e. The minimum absolute atomic E-state index is 0.00403. The average Bonchev–Trinajstić information content (AvgIpc) is 2.74. The highest BCUT2D eigenvalue weighted by Crippen LogP contribution is 2.43. The van der Waals surface area contributed by atoms with Crippen LogP contribution >= 0.6 is 11.6 Å². The van der Waals surface area contributed by atoms with Crippen molar-refractivity contribution < 1.29 is 18.3 Å². The van der Waals surface area contributed by atoms with E-state index in [2.05, 4.69) is 9.97 Å². The molecule has 0 aliphatic heterocycles. The van der Waals surface area contributed by atoms with Gasteiger partial charge in [0.15, 0.2) is 5.43 Å². The molecule has 1 aliphatic rings. The highest BCUT2D eigenvalue weighted by molar-refractivity contribution is 6.31. The molecule has 1 amide bonds. The Hall–Kier alpha value is -3.00. The fourth-order valence-corrected chi connectivity index (χ4v) is 3.95. The van der Waals surface area contributed by atoms with Crippen molar-refractivity contribution in [2.75, 3.05) is 7.11 Å².